The number of carbonyl (C=O) groups excluding carboxylic acids is 1. The van der Waals surface area contributed by atoms with Gasteiger partial charge in [0.15, 0.2) is 0 Å². The standard InChI is InChI=1S/C16H17N3O2S.CH2O2/c1-10-15(22-9-19-10)12-4-2-11(3-5-12)7-18-16(21)14-6-13(20)8-17-14;2-1-3/h2-6,9,13,17,20H,7-8H2,1H3,(H,18,21);1H,(H,2,3). The number of aliphatic hydroxyl groups excluding tert-OH is 1. The molecule has 3 rings (SSSR count). The molecule has 1 unspecified atom stereocenters. The van der Waals surface area contributed by atoms with Crippen molar-refractivity contribution < 1.29 is 19.8 Å². The van der Waals surface area contributed by atoms with Crippen LogP contribution in [0.3, 0.4) is 0 Å². The van der Waals surface area contributed by atoms with Crippen LogP contribution in [0, 0.1) is 6.92 Å². The molecule has 0 aliphatic carbocycles. The highest BCUT2D eigenvalue weighted by Crippen LogP contribution is 2.27. The van der Waals surface area contributed by atoms with Gasteiger partial charge in [0, 0.05) is 13.1 Å². The van der Waals surface area contributed by atoms with Crippen LogP contribution in [0.5, 0.6) is 0 Å². The monoisotopic (exact) mass is 361 g/mol. The van der Waals surface area contributed by atoms with Gasteiger partial charge in [-0.2, -0.15) is 0 Å². The van der Waals surface area contributed by atoms with Gasteiger partial charge in [-0.05, 0) is 24.1 Å². The van der Waals surface area contributed by atoms with Gasteiger partial charge in [-0.1, -0.05) is 24.3 Å². The average Bonchev–Trinajstić information content (AvgIpc) is 3.22. The van der Waals surface area contributed by atoms with Crippen LogP contribution in [0.25, 0.3) is 10.4 Å². The highest BCUT2D eigenvalue weighted by molar-refractivity contribution is 7.13. The normalized spacial score (nSPS) is 15.4. The number of carbonyl (C=O) groups is 2. The van der Waals surface area contributed by atoms with Crippen molar-refractivity contribution in [2.45, 2.75) is 19.6 Å². The molecule has 0 radical (unpaired) electrons. The summed E-state index contributed by atoms with van der Waals surface area (Å²) < 4.78 is 0. The second-order valence-corrected chi connectivity index (χ2v) is 6.14. The molecular formula is C17H19N3O4S. The van der Waals surface area contributed by atoms with E-state index in [4.69, 9.17) is 9.90 Å². The Morgan fingerprint density at radius 3 is 2.64 bits per heavy atom. The number of aryl methyl sites for hydroxylation is 1. The number of thiazole rings is 1. The van der Waals surface area contributed by atoms with Gasteiger partial charge < -0.3 is 20.8 Å². The van der Waals surface area contributed by atoms with Crippen molar-refractivity contribution in [1.82, 2.24) is 15.6 Å². The molecule has 1 amide bonds. The van der Waals surface area contributed by atoms with E-state index in [0.29, 0.717) is 18.8 Å². The molecule has 132 valence electrons. The largest absolute Gasteiger partial charge is 0.483 e. The first kappa shape index (κ1) is 18.6. The number of carboxylic acid groups (broad SMARTS) is 1. The molecule has 1 aliphatic rings. The van der Waals surface area contributed by atoms with E-state index in [1.54, 1.807) is 11.3 Å². The molecule has 25 heavy (non-hydrogen) atoms. The van der Waals surface area contributed by atoms with E-state index in [1.165, 1.54) is 11.0 Å². The molecule has 0 bridgehead atoms. The molecule has 8 heteroatoms. The summed E-state index contributed by atoms with van der Waals surface area (Å²) in [5.74, 6) is -0.195. The maximum atomic E-state index is 11.9. The van der Waals surface area contributed by atoms with Gasteiger partial charge in [0.25, 0.3) is 12.4 Å². The van der Waals surface area contributed by atoms with E-state index >= 15 is 0 Å². The minimum absolute atomic E-state index is 0.195. The van der Waals surface area contributed by atoms with Gasteiger partial charge in [-0.3, -0.25) is 9.59 Å². The second kappa shape index (κ2) is 8.95. The number of hydrogen-bond acceptors (Lipinski definition) is 6. The maximum absolute atomic E-state index is 11.9. The van der Waals surface area contributed by atoms with Gasteiger partial charge in [0.2, 0.25) is 0 Å². The summed E-state index contributed by atoms with van der Waals surface area (Å²) in [6.45, 7) is 2.60. The quantitative estimate of drug-likeness (QED) is 0.611. The van der Waals surface area contributed by atoms with Gasteiger partial charge in [0.05, 0.1) is 27.9 Å². The van der Waals surface area contributed by atoms with E-state index in [9.17, 15) is 9.90 Å². The maximum Gasteiger partial charge on any atom is 0.290 e. The number of rotatable bonds is 4. The fourth-order valence-corrected chi connectivity index (χ4v) is 3.12. The Balaban J connectivity index is 0.000000701. The minimum Gasteiger partial charge on any atom is -0.483 e. The Morgan fingerprint density at radius 1 is 1.44 bits per heavy atom. The molecule has 7 nitrogen and oxygen atoms in total. The van der Waals surface area contributed by atoms with Crippen LogP contribution in [0.2, 0.25) is 0 Å². The molecule has 2 heterocycles. The summed E-state index contributed by atoms with van der Waals surface area (Å²) in [6.07, 6.45) is 0.952. The third kappa shape index (κ3) is 5.13. The van der Waals surface area contributed by atoms with E-state index in [2.05, 4.69) is 15.6 Å². The van der Waals surface area contributed by atoms with E-state index in [-0.39, 0.29) is 12.4 Å². The lowest BCUT2D eigenvalue weighted by Crippen LogP contribution is -2.29. The topological polar surface area (TPSA) is 112 Å². The zero-order valence-electron chi connectivity index (χ0n) is 13.6. The first-order chi connectivity index (χ1) is 12.0. The van der Waals surface area contributed by atoms with Crippen molar-refractivity contribution in [3.8, 4) is 10.4 Å². The lowest BCUT2D eigenvalue weighted by Gasteiger charge is -2.07. The number of nitrogens with zero attached hydrogens (tertiary/aromatic N) is 1. The zero-order chi connectivity index (χ0) is 18.2. The number of nitrogens with one attached hydrogen (secondary N) is 2. The molecule has 0 saturated carbocycles. The third-order valence-electron chi connectivity index (χ3n) is 3.52. The van der Waals surface area contributed by atoms with Crippen LogP contribution in [-0.4, -0.2) is 40.2 Å². The number of aromatic nitrogens is 1. The predicted molar refractivity (Wildman–Crippen MR) is 94.9 cm³/mol. The third-order valence-corrected chi connectivity index (χ3v) is 4.50. The Bertz CT molecular complexity index is 756. The van der Waals surface area contributed by atoms with Crippen LogP contribution in [-0.2, 0) is 16.1 Å². The van der Waals surface area contributed by atoms with Crippen LogP contribution in [0.15, 0.2) is 41.5 Å². The average molecular weight is 361 g/mol. The second-order valence-electron chi connectivity index (χ2n) is 5.28. The predicted octanol–water partition coefficient (Wildman–Crippen LogP) is 1.28. The van der Waals surface area contributed by atoms with Crippen molar-refractivity contribution in [3.05, 3.63) is 52.8 Å². The highest BCUT2D eigenvalue weighted by atomic mass is 32.1. The Morgan fingerprint density at radius 2 is 2.12 bits per heavy atom. The fourth-order valence-electron chi connectivity index (χ4n) is 2.31. The lowest BCUT2D eigenvalue weighted by atomic mass is 10.1. The van der Waals surface area contributed by atoms with Gasteiger partial charge in [-0.25, -0.2) is 4.98 Å². The summed E-state index contributed by atoms with van der Waals surface area (Å²) in [7, 11) is 0. The molecule has 4 N–H and O–H groups in total. The minimum atomic E-state index is -0.581. The summed E-state index contributed by atoms with van der Waals surface area (Å²) in [4.78, 5) is 25.7. The Labute approximate surface area is 149 Å². The molecule has 1 atom stereocenters. The summed E-state index contributed by atoms with van der Waals surface area (Å²) in [6, 6.07) is 8.08. The van der Waals surface area contributed by atoms with E-state index < -0.39 is 6.10 Å². The number of aliphatic hydroxyl groups is 1. The molecular weight excluding hydrogens is 342 g/mol. The van der Waals surface area contributed by atoms with Crippen LogP contribution >= 0.6 is 11.3 Å². The first-order valence-corrected chi connectivity index (χ1v) is 8.42. The number of amides is 1. The van der Waals surface area contributed by atoms with Crippen molar-refractivity contribution in [2.75, 3.05) is 6.54 Å². The summed E-state index contributed by atoms with van der Waals surface area (Å²) in [5, 5.41) is 21.9. The molecule has 2 aromatic rings. The van der Waals surface area contributed by atoms with Crippen LogP contribution in [0.1, 0.15) is 11.3 Å². The molecule has 1 aromatic heterocycles. The molecule has 1 aliphatic heterocycles. The first-order valence-electron chi connectivity index (χ1n) is 7.54. The van der Waals surface area contributed by atoms with Gasteiger partial charge in [0.1, 0.15) is 0 Å². The van der Waals surface area contributed by atoms with Crippen molar-refractivity contribution in [2.24, 2.45) is 0 Å². The molecule has 1 aromatic carbocycles. The van der Waals surface area contributed by atoms with Crippen molar-refractivity contribution in [3.63, 3.8) is 0 Å². The van der Waals surface area contributed by atoms with Crippen molar-refractivity contribution in [1.29, 1.82) is 0 Å². The highest BCUT2D eigenvalue weighted by Gasteiger charge is 2.17. The van der Waals surface area contributed by atoms with E-state index in [1.807, 2.05) is 36.7 Å². The van der Waals surface area contributed by atoms with E-state index in [0.717, 1.165) is 16.8 Å². The number of benzene rings is 1. The fraction of sp³-hybridized carbons (Fsp3) is 0.235. The lowest BCUT2D eigenvalue weighted by molar-refractivity contribution is -0.123. The van der Waals surface area contributed by atoms with Crippen LogP contribution in [0.4, 0.5) is 0 Å². The summed E-state index contributed by atoms with van der Waals surface area (Å²) >= 11 is 1.62. The number of β-amino-alcohol motifs (C(OH)–C–C–N with tert-alkyl or cyclic N) is 1. The Hall–Kier alpha value is -2.71. The van der Waals surface area contributed by atoms with Gasteiger partial charge in [-0.15, -0.1) is 11.3 Å². The zero-order valence-corrected chi connectivity index (χ0v) is 14.4. The molecule has 0 fully saturated rings. The molecule has 0 spiro atoms. The van der Waals surface area contributed by atoms with Crippen molar-refractivity contribution >= 4 is 23.7 Å². The van der Waals surface area contributed by atoms with Gasteiger partial charge >= 0.3 is 0 Å². The summed E-state index contributed by atoms with van der Waals surface area (Å²) in [5.41, 5.74) is 5.47. The number of hydrogen-bond donors (Lipinski definition) is 4. The Kier molecular flexibility index (Phi) is 6.67. The van der Waals surface area contributed by atoms with Crippen LogP contribution < -0.4 is 10.6 Å². The molecule has 0 saturated heterocycles. The SMILES string of the molecule is Cc1ncsc1-c1ccc(CNC(=O)C2=CC(O)CN2)cc1.O=CO. The smallest absolute Gasteiger partial charge is 0.290 e.